The molecule has 0 bridgehead atoms. The van der Waals surface area contributed by atoms with Crippen molar-refractivity contribution in [2.75, 3.05) is 10.6 Å². The highest BCUT2D eigenvalue weighted by atomic mass is 15.1. The molecule has 2 heteroatoms. The van der Waals surface area contributed by atoms with Crippen LogP contribution < -0.4 is 10.6 Å². The minimum Gasteiger partial charge on any atom is -0.399 e. The van der Waals surface area contributed by atoms with Crippen LogP contribution in [0.1, 0.15) is 0 Å². The zero-order valence-corrected chi connectivity index (χ0v) is 15.4. The Hall–Kier alpha value is -3.78. The van der Waals surface area contributed by atoms with E-state index in [4.69, 9.17) is 5.73 Å². The van der Waals surface area contributed by atoms with Crippen LogP contribution >= 0.6 is 0 Å². The van der Waals surface area contributed by atoms with E-state index in [2.05, 4.69) is 102 Å². The second kappa shape index (κ2) is 6.75. The summed E-state index contributed by atoms with van der Waals surface area (Å²) < 4.78 is 0. The predicted molar refractivity (Wildman–Crippen MR) is 121 cm³/mol. The third kappa shape index (κ3) is 2.85. The van der Waals surface area contributed by atoms with Gasteiger partial charge in [-0.2, -0.15) is 0 Å². The van der Waals surface area contributed by atoms with Crippen molar-refractivity contribution in [2.45, 2.75) is 0 Å². The smallest absolute Gasteiger partial charge is 0.0540 e. The van der Waals surface area contributed by atoms with Crippen LogP contribution in [0.2, 0.25) is 0 Å². The van der Waals surface area contributed by atoms with E-state index in [1.54, 1.807) is 0 Å². The fourth-order valence-corrected chi connectivity index (χ4v) is 3.77. The molecule has 0 saturated carbocycles. The maximum absolute atomic E-state index is 5.95. The lowest BCUT2D eigenvalue weighted by Gasteiger charge is -2.27. The van der Waals surface area contributed by atoms with Crippen molar-refractivity contribution in [1.29, 1.82) is 0 Å². The summed E-state index contributed by atoms with van der Waals surface area (Å²) >= 11 is 0. The topological polar surface area (TPSA) is 29.3 Å². The lowest BCUT2D eigenvalue weighted by molar-refractivity contribution is 1.30. The lowest BCUT2D eigenvalue weighted by Crippen LogP contribution is -2.10. The van der Waals surface area contributed by atoms with Crippen molar-refractivity contribution in [3.63, 3.8) is 0 Å². The largest absolute Gasteiger partial charge is 0.399 e. The molecule has 0 unspecified atom stereocenters. The van der Waals surface area contributed by atoms with Crippen LogP contribution in [-0.4, -0.2) is 0 Å². The third-order valence-electron chi connectivity index (χ3n) is 5.15. The van der Waals surface area contributed by atoms with Crippen molar-refractivity contribution >= 4 is 44.3 Å². The van der Waals surface area contributed by atoms with E-state index in [0.717, 1.165) is 22.7 Å². The highest BCUT2D eigenvalue weighted by Gasteiger charge is 2.15. The summed E-state index contributed by atoms with van der Waals surface area (Å²) in [5, 5.41) is 4.90. The van der Waals surface area contributed by atoms with Gasteiger partial charge >= 0.3 is 0 Å². The van der Waals surface area contributed by atoms with Crippen molar-refractivity contribution < 1.29 is 0 Å². The van der Waals surface area contributed by atoms with Crippen LogP contribution in [0.4, 0.5) is 22.7 Å². The number of nitrogens with zero attached hydrogens (tertiary/aromatic N) is 1. The SMILES string of the molecule is Nc1ccc(N(c2ccc3ccccc3c2)c2cccc3ccccc23)cc1. The number of fused-ring (bicyclic) bond motifs is 2. The van der Waals surface area contributed by atoms with Crippen LogP contribution in [0.3, 0.4) is 0 Å². The van der Waals surface area contributed by atoms with Crippen molar-refractivity contribution in [1.82, 2.24) is 0 Å². The average Bonchev–Trinajstić information content (AvgIpc) is 2.75. The number of nitrogen functional groups attached to an aromatic ring is 1. The normalized spacial score (nSPS) is 11.0. The minimum atomic E-state index is 0.764. The van der Waals surface area contributed by atoms with Gasteiger partial charge in [0.05, 0.1) is 5.69 Å². The standard InChI is InChI=1S/C26H20N2/c27-22-13-16-23(17-14-22)28(24-15-12-19-6-1-2-8-21(19)18-24)26-11-5-9-20-7-3-4-10-25(20)26/h1-18H,27H2. The Kier molecular flexibility index (Phi) is 3.95. The average molecular weight is 360 g/mol. The van der Waals surface area contributed by atoms with Gasteiger partial charge < -0.3 is 10.6 Å². The fraction of sp³-hybridized carbons (Fsp3) is 0. The van der Waals surface area contributed by atoms with Gasteiger partial charge in [-0.15, -0.1) is 0 Å². The van der Waals surface area contributed by atoms with E-state index in [-0.39, 0.29) is 0 Å². The Labute approximate surface area is 164 Å². The van der Waals surface area contributed by atoms with E-state index in [9.17, 15) is 0 Å². The van der Waals surface area contributed by atoms with Gasteiger partial charge in [-0.1, -0.05) is 66.7 Å². The number of benzene rings is 5. The molecule has 0 aliphatic rings. The number of anilines is 4. The molecule has 5 rings (SSSR count). The molecule has 134 valence electrons. The Morgan fingerprint density at radius 3 is 1.96 bits per heavy atom. The molecule has 0 aliphatic heterocycles. The fourth-order valence-electron chi connectivity index (χ4n) is 3.77. The Morgan fingerprint density at radius 1 is 0.500 bits per heavy atom. The Morgan fingerprint density at radius 2 is 1.14 bits per heavy atom. The third-order valence-corrected chi connectivity index (χ3v) is 5.15. The van der Waals surface area contributed by atoms with Gasteiger partial charge in [0.25, 0.3) is 0 Å². The van der Waals surface area contributed by atoms with Crippen LogP contribution in [0.15, 0.2) is 109 Å². The van der Waals surface area contributed by atoms with Gasteiger partial charge in [0, 0.05) is 22.4 Å². The van der Waals surface area contributed by atoms with Gasteiger partial charge in [-0.05, 0) is 58.6 Å². The molecule has 0 heterocycles. The van der Waals surface area contributed by atoms with E-state index in [1.807, 2.05) is 12.1 Å². The summed E-state index contributed by atoms with van der Waals surface area (Å²) in [6, 6.07) is 38.1. The first-order valence-corrected chi connectivity index (χ1v) is 9.42. The van der Waals surface area contributed by atoms with E-state index < -0.39 is 0 Å². The Balaban J connectivity index is 1.78. The summed E-state index contributed by atoms with van der Waals surface area (Å²) in [5.74, 6) is 0. The van der Waals surface area contributed by atoms with Gasteiger partial charge in [-0.25, -0.2) is 0 Å². The second-order valence-corrected chi connectivity index (χ2v) is 6.96. The molecule has 2 nitrogen and oxygen atoms in total. The first-order chi connectivity index (χ1) is 13.8. The molecule has 2 N–H and O–H groups in total. The second-order valence-electron chi connectivity index (χ2n) is 6.96. The summed E-state index contributed by atoms with van der Waals surface area (Å²) in [5.41, 5.74) is 10.1. The summed E-state index contributed by atoms with van der Waals surface area (Å²) in [4.78, 5) is 2.30. The number of hydrogen-bond acceptors (Lipinski definition) is 2. The molecule has 0 amide bonds. The molecule has 5 aromatic rings. The summed E-state index contributed by atoms with van der Waals surface area (Å²) in [6.45, 7) is 0. The zero-order chi connectivity index (χ0) is 18.9. The van der Waals surface area contributed by atoms with Crippen LogP contribution in [0.5, 0.6) is 0 Å². The molecule has 0 radical (unpaired) electrons. The zero-order valence-electron chi connectivity index (χ0n) is 15.4. The molecule has 0 spiro atoms. The number of rotatable bonds is 3. The highest BCUT2D eigenvalue weighted by molar-refractivity contribution is 6.00. The molecule has 0 saturated heterocycles. The lowest BCUT2D eigenvalue weighted by atomic mass is 10.0. The first kappa shape index (κ1) is 16.4. The molecule has 0 fully saturated rings. The Bertz CT molecular complexity index is 1270. The molecule has 28 heavy (non-hydrogen) atoms. The molecule has 0 aliphatic carbocycles. The van der Waals surface area contributed by atoms with Gasteiger partial charge in [0.15, 0.2) is 0 Å². The molecule has 0 aromatic heterocycles. The highest BCUT2D eigenvalue weighted by Crippen LogP contribution is 2.39. The summed E-state index contributed by atoms with van der Waals surface area (Å²) in [6.07, 6.45) is 0. The van der Waals surface area contributed by atoms with E-state index in [1.165, 1.54) is 21.5 Å². The van der Waals surface area contributed by atoms with Crippen LogP contribution in [0.25, 0.3) is 21.5 Å². The van der Waals surface area contributed by atoms with Crippen molar-refractivity contribution in [3.8, 4) is 0 Å². The molecular weight excluding hydrogens is 340 g/mol. The summed E-state index contributed by atoms with van der Waals surface area (Å²) in [7, 11) is 0. The molecule has 0 atom stereocenters. The maximum Gasteiger partial charge on any atom is 0.0540 e. The maximum atomic E-state index is 5.95. The van der Waals surface area contributed by atoms with Gasteiger partial charge in [0.2, 0.25) is 0 Å². The van der Waals surface area contributed by atoms with Gasteiger partial charge in [-0.3, -0.25) is 0 Å². The minimum absolute atomic E-state index is 0.764. The quantitative estimate of drug-likeness (QED) is 0.349. The predicted octanol–water partition coefficient (Wildman–Crippen LogP) is 7.05. The van der Waals surface area contributed by atoms with Crippen molar-refractivity contribution in [2.24, 2.45) is 0 Å². The van der Waals surface area contributed by atoms with E-state index in [0.29, 0.717) is 0 Å². The van der Waals surface area contributed by atoms with E-state index >= 15 is 0 Å². The number of hydrogen-bond donors (Lipinski definition) is 1. The monoisotopic (exact) mass is 360 g/mol. The molecule has 5 aromatic carbocycles. The van der Waals surface area contributed by atoms with Crippen molar-refractivity contribution in [3.05, 3.63) is 109 Å². The first-order valence-electron chi connectivity index (χ1n) is 9.42. The van der Waals surface area contributed by atoms with Crippen LogP contribution in [-0.2, 0) is 0 Å². The molecular formula is C26H20N2. The number of nitrogens with two attached hydrogens (primary N) is 1. The van der Waals surface area contributed by atoms with Crippen LogP contribution in [0, 0.1) is 0 Å². The van der Waals surface area contributed by atoms with Gasteiger partial charge in [0.1, 0.15) is 0 Å².